The van der Waals surface area contributed by atoms with Crippen molar-refractivity contribution in [3.05, 3.63) is 29.8 Å². The molecule has 0 aliphatic carbocycles. The molecule has 0 bridgehead atoms. The van der Waals surface area contributed by atoms with Gasteiger partial charge in [0.2, 0.25) is 0 Å². The summed E-state index contributed by atoms with van der Waals surface area (Å²) in [6.07, 6.45) is 3.26. The molecular formula is C24H40O5Si. The number of unbranched alkanes of at least 4 members (excludes halogenated alkanes) is 1. The zero-order valence-corrected chi connectivity index (χ0v) is 20.7. The number of aryl methyl sites for hydroxylation is 1. The van der Waals surface area contributed by atoms with Gasteiger partial charge in [0.15, 0.2) is 5.92 Å². The van der Waals surface area contributed by atoms with Gasteiger partial charge in [0, 0.05) is 8.07 Å². The zero-order chi connectivity index (χ0) is 22.6. The first-order chi connectivity index (χ1) is 14.2. The Balaban J connectivity index is 2.45. The largest absolute Gasteiger partial charge is 0.494 e. The molecule has 0 aromatic heterocycles. The van der Waals surface area contributed by atoms with Gasteiger partial charge in [0.05, 0.1) is 19.8 Å². The maximum absolute atomic E-state index is 12.1. The fraction of sp³-hybridized carbons (Fsp3) is 0.667. The molecule has 0 saturated carbocycles. The van der Waals surface area contributed by atoms with Gasteiger partial charge in [-0.25, -0.2) is 0 Å². The fourth-order valence-corrected chi connectivity index (χ4v) is 4.78. The van der Waals surface area contributed by atoms with Crippen LogP contribution in [-0.2, 0) is 25.5 Å². The van der Waals surface area contributed by atoms with Gasteiger partial charge in [-0.1, -0.05) is 57.1 Å². The van der Waals surface area contributed by atoms with Gasteiger partial charge in [-0.2, -0.15) is 0 Å². The van der Waals surface area contributed by atoms with E-state index in [-0.39, 0.29) is 13.2 Å². The van der Waals surface area contributed by atoms with Crippen LogP contribution in [0.5, 0.6) is 5.75 Å². The van der Waals surface area contributed by atoms with Crippen LogP contribution >= 0.6 is 0 Å². The SMILES string of the molecule is CCOC(=O)C(CCc1ccc(OCCCC[Si](C)(C)C(C)C)cc1)C(=O)OCC. The van der Waals surface area contributed by atoms with Crippen LogP contribution in [0, 0.1) is 5.92 Å². The number of ether oxygens (including phenoxy) is 3. The minimum Gasteiger partial charge on any atom is -0.494 e. The average molecular weight is 437 g/mol. The van der Waals surface area contributed by atoms with Crippen LogP contribution in [-0.4, -0.2) is 39.8 Å². The molecule has 6 heteroatoms. The lowest BCUT2D eigenvalue weighted by molar-refractivity contribution is -0.161. The molecule has 0 aliphatic heterocycles. The third-order valence-corrected chi connectivity index (χ3v) is 10.6. The Morgan fingerprint density at radius 2 is 1.50 bits per heavy atom. The van der Waals surface area contributed by atoms with Crippen LogP contribution in [0.4, 0.5) is 0 Å². The van der Waals surface area contributed by atoms with Crippen LogP contribution in [0.1, 0.15) is 52.5 Å². The smallest absolute Gasteiger partial charge is 0.320 e. The van der Waals surface area contributed by atoms with Crippen molar-refractivity contribution in [1.29, 1.82) is 0 Å². The number of benzene rings is 1. The molecule has 0 radical (unpaired) electrons. The molecule has 0 aliphatic rings. The molecule has 1 aromatic rings. The van der Waals surface area contributed by atoms with Crippen molar-refractivity contribution < 1.29 is 23.8 Å². The predicted molar refractivity (Wildman–Crippen MR) is 124 cm³/mol. The summed E-state index contributed by atoms with van der Waals surface area (Å²) >= 11 is 0. The molecule has 30 heavy (non-hydrogen) atoms. The van der Waals surface area contributed by atoms with Gasteiger partial charge < -0.3 is 14.2 Å². The molecule has 1 rings (SSSR count). The highest BCUT2D eigenvalue weighted by Gasteiger charge is 2.29. The Labute approximate surface area is 183 Å². The zero-order valence-electron chi connectivity index (χ0n) is 19.7. The minimum atomic E-state index is -1.08. The first kappa shape index (κ1) is 26.2. The van der Waals surface area contributed by atoms with Crippen molar-refractivity contribution in [3.8, 4) is 5.75 Å². The number of carbonyl (C=O) groups is 2. The van der Waals surface area contributed by atoms with Crippen molar-refractivity contribution in [2.45, 2.75) is 78.1 Å². The molecule has 0 N–H and O–H groups in total. The van der Waals surface area contributed by atoms with Gasteiger partial charge in [-0.3, -0.25) is 9.59 Å². The molecule has 0 heterocycles. The highest BCUT2D eigenvalue weighted by molar-refractivity contribution is 6.78. The van der Waals surface area contributed by atoms with Gasteiger partial charge in [-0.05, 0) is 50.8 Å². The van der Waals surface area contributed by atoms with E-state index < -0.39 is 25.9 Å². The van der Waals surface area contributed by atoms with Crippen LogP contribution in [0.3, 0.4) is 0 Å². The second kappa shape index (κ2) is 13.5. The molecule has 0 unspecified atom stereocenters. The Bertz CT molecular complexity index is 622. The lowest BCUT2D eigenvalue weighted by Crippen LogP contribution is -2.29. The Hall–Kier alpha value is -1.82. The lowest BCUT2D eigenvalue weighted by Gasteiger charge is -2.26. The van der Waals surface area contributed by atoms with Crippen molar-refractivity contribution in [1.82, 2.24) is 0 Å². The Morgan fingerprint density at radius 3 is 2.00 bits per heavy atom. The average Bonchev–Trinajstić information content (AvgIpc) is 2.69. The molecular weight excluding hydrogens is 396 g/mol. The molecule has 0 spiro atoms. The van der Waals surface area contributed by atoms with E-state index in [1.165, 1.54) is 12.5 Å². The standard InChI is InChI=1S/C24H40O5Si/c1-7-27-23(25)22(24(26)28-8-2)16-13-20-11-14-21(15-12-20)29-17-9-10-18-30(5,6)19(3)4/h11-12,14-15,19,22H,7-10,13,16-18H2,1-6H3. The molecule has 1 aromatic carbocycles. The first-order valence-electron chi connectivity index (χ1n) is 11.3. The summed E-state index contributed by atoms with van der Waals surface area (Å²) < 4.78 is 15.9. The second-order valence-electron chi connectivity index (χ2n) is 8.69. The van der Waals surface area contributed by atoms with Crippen molar-refractivity contribution in [2.24, 2.45) is 5.92 Å². The maximum Gasteiger partial charge on any atom is 0.320 e. The van der Waals surface area contributed by atoms with Gasteiger partial charge >= 0.3 is 11.9 Å². The van der Waals surface area contributed by atoms with E-state index in [4.69, 9.17) is 14.2 Å². The first-order valence-corrected chi connectivity index (χ1v) is 14.5. The molecule has 0 saturated heterocycles. The molecule has 0 amide bonds. The summed E-state index contributed by atoms with van der Waals surface area (Å²) in [5.41, 5.74) is 1.86. The predicted octanol–water partition coefficient (Wildman–Crippen LogP) is 5.64. The van der Waals surface area contributed by atoms with E-state index >= 15 is 0 Å². The molecule has 0 fully saturated rings. The number of hydrogen-bond donors (Lipinski definition) is 0. The van der Waals surface area contributed by atoms with Gasteiger partial charge in [-0.15, -0.1) is 0 Å². The summed E-state index contributed by atoms with van der Waals surface area (Å²) in [7, 11) is -1.08. The minimum absolute atomic E-state index is 0.248. The monoisotopic (exact) mass is 436 g/mol. The Kier molecular flexibility index (Phi) is 11.8. The number of rotatable bonds is 14. The van der Waals surface area contributed by atoms with E-state index in [1.807, 2.05) is 24.3 Å². The number of esters is 2. The quantitative estimate of drug-likeness (QED) is 0.163. The molecule has 0 atom stereocenters. The van der Waals surface area contributed by atoms with Crippen LogP contribution in [0.2, 0.25) is 24.7 Å². The Morgan fingerprint density at radius 1 is 0.933 bits per heavy atom. The van der Waals surface area contributed by atoms with Gasteiger partial charge in [0.25, 0.3) is 0 Å². The van der Waals surface area contributed by atoms with Crippen LogP contribution < -0.4 is 4.74 Å². The summed E-state index contributed by atoms with van der Waals surface area (Å²) in [4.78, 5) is 24.1. The van der Waals surface area contributed by atoms with Crippen LogP contribution in [0.25, 0.3) is 0 Å². The highest BCUT2D eigenvalue weighted by Crippen LogP contribution is 2.26. The normalized spacial score (nSPS) is 11.6. The topological polar surface area (TPSA) is 61.8 Å². The van der Waals surface area contributed by atoms with E-state index in [2.05, 4.69) is 26.9 Å². The second-order valence-corrected chi connectivity index (χ2v) is 14.3. The molecule has 170 valence electrons. The summed E-state index contributed by atoms with van der Waals surface area (Å²) in [5.74, 6) is -1.05. The van der Waals surface area contributed by atoms with E-state index in [0.717, 1.165) is 29.9 Å². The maximum atomic E-state index is 12.1. The highest BCUT2D eigenvalue weighted by atomic mass is 28.3. The van der Waals surface area contributed by atoms with Crippen molar-refractivity contribution >= 4 is 20.0 Å². The number of hydrogen-bond acceptors (Lipinski definition) is 5. The fourth-order valence-electron chi connectivity index (χ4n) is 3.04. The van der Waals surface area contributed by atoms with Gasteiger partial charge in [0.1, 0.15) is 5.75 Å². The lowest BCUT2D eigenvalue weighted by atomic mass is 9.99. The number of carbonyl (C=O) groups excluding carboxylic acids is 2. The third-order valence-electron chi connectivity index (χ3n) is 5.83. The summed E-state index contributed by atoms with van der Waals surface area (Å²) in [6.45, 7) is 14.3. The van der Waals surface area contributed by atoms with E-state index in [9.17, 15) is 9.59 Å². The van der Waals surface area contributed by atoms with Crippen molar-refractivity contribution in [2.75, 3.05) is 19.8 Å². The van der Waals surface area contributed by atoms with E-state index in [0.29, 0.717) is 12.8 Å². The van der Waals surface area contributed by atoms with Crippen LogP contribution in [0.15, 0.2) is 24.3 Å². The summed E-state index contributed by atoms with van der Waals surface area (Å²) in [6, 6.07) is 9.21. The molecule has 5 nitrogen and oxygen atoms in total. The third kappa shape index (κ3) is 9.33. The van der Waals surface area contributed by atoms with E-state index in [1.54, 1.807) is 13.8 Å². The van der Waals surface area contributed by atoms with Crippen molar-refractivity contribution in [3.63, 3.8) is 0 Å². The summed E-state index contributed by atoms with van der Waals surface area (Å²) in [5, 5.41) is 0.